The van der Waals surface area contributed by atoms with Gasteiger partial charge in [-0.1, -0.05) is 0 Å². The van der Waals surface area contributed by atoms with Gasteiger partial charge in [-0.25, -0.2) is 14.8 Å². The van der Waals surface area contributed by atoms with E-state index in [9.17, 15) is 4.79 Å². The molecule has 2 rings (SSSR count). The van der Waals surface area contributed by atoms with Crippen LogP contribution in [0.5, 0.6) is 0 Å². The van der Waals surface area contributed by atoms with Crippen molar-refractivity contribution < 1.29 is 14.6 Å². The zero-order valence-corrected chi connectivity index (χ0v) is 11.3. The van der Waals surface area contributed by atoms with Crippen LogP contribution in [0.4, 0.5) is 5.95 Å². The molecule has 0 spiro atoms. The van der Waals surface area contributed by atoms with Crippen LogP contribution in [0.2, 0.25) is 0 Å². The third kappa shape index (κ3) is 3.41. The molecule has 1 N–H and O–H groups in total. The summed E-state index contributed by atoms with van der Waals surface area (Å²) in [7, 11) is 1.72. The van der Waals surface area contributed by atoms with Crippen molar-refractivity contribution in [2.45, 2.75) is 19.8 Å². The van der Waals surface area contributed by atoms with E-state index in [2.05, 4.69) is 9.97 Å². The second-order valence-electron chi connectivity index (χ2n) is 4.89. The van der Waals surface area contributed by atoms with E-state index in [1.54, 1.807) is 14.0 Å². The Kier molecular flexibility index (Phi) is 4.31. The molecule has 0 unspecified atom stereocenters. The summed E-state index contributed by atoms with van der Waals surface area (Å²) >= 11 is 0. The van der Waals surface area contributed by atoms with Gasteiger partial charge in [0.2, 0.25) is 5.95 Å². The van der Waals surface area contributed by atoms with Crippen molar-refractivity contribution >= 4 is 11.9 Å². The van der Waals surface area contributed by atoms with E-state index in [4.69, 9.17) is 9.84 Å². The Bertz CT molecular complexity index is 456. The Hall–Kier alpha value is -1.69. The summed E-state index contributed by atoms with van der Waals surface area (Å²) in [6.07, 6.45) is 2.04. The number of aromatic nitrogens is 2. The highest BCUT2D eigenvalue weighted by atomic mass is 16.5. The number of carboxylic acid groups (broad SMARTS) is 1. The van der Waals surface area contributed by atoms with Gasteiger partial charge in [-0.3, -0.25) is 0 Å². The first-order chi connectivity index (χ1) is 9.10. The van der Waals surface area contributed by atoms with Crippen LogP contribution >= 0.6 is 0 Å². The molecule has 0 saturated carbocycles. The van der Waals surface area contributed by atoms with Gasteiger partial charge in [-0.15, -0.1) is 0 Å². The predicted molar refractivity (Wildman–Crippen MR) is 70.5 cm³/mol. The number of carbonyl (C=O) groups is 1. The van der Waals surface area contributed by atoms with Gasteiger partial charge in [0, 0.05) is 32.5 Å². The van der Waals surface area contributed by atoms with Gasteiger partial charge in [0.15, 0.2) is 5.69 Å². The minimum Gasteiger partial charge on any atom is -0.477 e. The fraction of sp³-hybridized carbons (Fsp3) is 0.615. The molecule has 6 heteroatoms. The maximum Gasteiger partial charge on any atom is 0.354 e. The summed E-state index contributed by atoms with van der Waals surface area (Å²) in [6, 6.07) is 1.49. The first kappa shape index (κ1) is 13.7. The molecule has 104 valence electrons. The molecule has 0 atom stereocenters. The first-order valence-electron chi connectivity index (χ1n) is 6.43. The van der Waals surface area contributed by atoms with E-state index in [0.717, 1.165) is 32.5 Å². The lowest BCUT2D eigenvalue weighted by atomic mass is 9.98. The SMILES string of the molecule is COCC1CCN(c2nc(C)cc(C(=O)O)n2)CC1. The van der Waals surface area contributed by atoms with Crippen LogP contribution < -0.4 is 4.90 Å². The monoisotopic (exact) mass is 265 g/mol. The van der Waals surface area contributed by atoms with Gasteiger partial charge >= 0.3 is 5.97 Å². The third-order valence-corrected chi connectivity index (χ3v) is 3.36. The fourth-order valence-electron chi connectivity index (χ4n) is 2.34. The van der Waals surface area contributed by atoms with E-state index < -0.39 is 5.97 Å². The molecule has 2 heterocycles. The van der Waals surface area contributed by atoms with Gasteiger partial charge < -0.3 is 14.7 Å². The molecule has 1 aromatic heterocycles. The van der Waals surface area contributed by atoms with Gasteiger partial charge in [0.05, 0.1) is 0 Å². The number of nitrogens with zero attached hydrogens (tertiary/aromatic N) is 3. The molecule has 1 fully saturated rings. The zero-order chi connectivity index (χ0) is 13.8. The normalized spacial score (nSPS) is 16.6. The Morgan fingerprint density at radius 1 is 1.47 bits per heavy atom. The molecule has 0 bridgehead atoms. The van der Waals surface area contributed by atoms with Gasteiger partial charge in [0.25, 0.3) is 0 Å². The van der Waals surface area contributed by atoms with Crippen LogP contribution in [-0.2, 0) is 4.74 Å². The summed E-state index contributed by atoms with van der Waals surface area (Å²) < 4.78 is 5.16. The number of methoxy groups -OCH3 is 1. The molecular weight excluding hydrogens is 246 g/mol. The lowest BCUT2D eigenvalue weighted by Crippen LogP contribution is -2.36. The molecule has 1 saturated heterocycles. The Morgan fingerprint density at radius 3 is 2.74 bits per heavy atom. The van der Waals surface area contributed by atoms with Crippen LogP contribution in [0.25, 0.3) is 0 Å². The summed E-state index contributed by atoms with van der Waals surface area (Å²) in [5.74, 6) is 0.0827. The number of ether oxygens (including phenoxy) is 1. The van der Waals surface area contributed by atoms with Crippen molar-refractivity contribution in [3.8, 4) is 0 Å². The van der Waals surface area contributed by atoms with Gasteiger partial charge in [-0.05, 0) is 31.7 Å². The van der Waals surface area contributed by atoms with Crippen LogP contribution in [0.15, 0.2) is 6.07 Å². The van der Waals surface area contributed by atoms with Crippen LogP contribution in [0.1, 0.15) is 29.0 Å². The molecule has 0 aliphatic carbocycles. The molecule has 1 aliphatic rings. The lowest BCUT2D eigenvalue weighted by Gasteiger charge is -2.31. The molecule has 1 aliphatic heterocycles. The van der Waals surface area contributed by atoms with Gasteiger partial charge in [0.1, 0.15) is 0 Å². The molecular formula is C13H19N3O3. The molecule has 1 aromatic rings. The Morgan fingerprint density at radius 2 is 2.16 bits per heavy atom. The van der Waals surface area contributed by atoms with E-state index in [0.29, 0.717) is 17.6 Å². The van der Waals surface area contributed by atoms with Gasteiger partial charge in [-0.2, -0.15) is 0 Å². The maximum atomic E-state index is 11.0. The van der Waals surface area contributed by atoms with Crippen LogP contribution in [-0.4, -0.2) is 47.8 Å². The number of aryl methyl sites for hydroxylation is 1. The number of carboxylic acids is 1. The van der Waals surface area contributed by atoms with Crippen LogP contribution in [0, 0.1) is 12.8 Å². The highest BCUT2D eigenvalue weighted by Gasteiger charge is 2.22. The van der Waals surface area contributed by atoms with E-state index in [1.165, 1.54) is 6.07 Å². The van der Waals surface area contributed by atoms with E-state index in [-0.39, 0.29) is 5.69 Å². The van der Waals surface area contributed by atoms with E-state index in [1.807, 2.05) is 4.90 Å². The number of piperidine rings is 1. The topological polar surface area (TPSA) is 75.5 Å². The predicted octanol–water partition coefficient (Wildman–Crippen LogP) is 1.35. The highest BCUT2D eigenvalue weighted by molar-refractivity contribution is 5.85. The molecule has 6 nitrogen and oxygen atoms in total. The van der Waals surface area contributed by atoms with Crippen molar-refractivity contribution in [2.24, 2.45) is 5.92 Å². The number of rotatable bonds is 4. The van der Waals surface area contributed by atoms with Crippen molar-refractivity contribution in [3.63, 3.8) is 0 Å². The number of hydrogen-bond acceptors (Lipinski definition) is 5. The Labute approximate surface area is 112 Å². The average molecular weight is 265 g/mol. The highest BCUT2D eigenvalue weighted by Crippen LogP contribution is 2.21. The second kappa shape index (κ2) is 5.97. The number of aromatic carboxylic acids is 1. The van der Waals surface area contributed by atoms with Crippen LogP contribution in [0.3, 0.4) is 0 Å². The molecule has 0 radical (unpaired) electrons. The quantitative estimate of drug-likeness (QED) is 0.885. The minimum absolute atomic E-state index is 0.0570. The van der Waals surface area contributed by atoms with E-state index >= 15 is 0 Å². The first-order valence-corrected chi connectivity index (χ1v) is 6.43. The van der Waals surface area contributed by atoms with Crippen molar-refractivity contribution in [1.29, 1.82) is 0 Å². The third-order valence-electron chi connectivity index (χ3n) is 3.36. The average Bonchev–Trinajstić information content (AvgIpc) is 2.39. The molecule has 0 amide bonds. The standard InChI is InChI=1S/C13H19N3O3/c1-9-7-11(12(17)18)15-13(14-9)16-5-3-10(4-6-16)8-19-2/h7,10H,3-6,8H2,1-2H3,(H,17,18). The zero-order valence-electron chi connectivity index (χ0n) is 11.3. The largest absolute Gasteiger partial charge is 0.477 e. The fourth-order valence-corrected chi connectivity index (χ4v) is 2.34. The van der Waals surface area contributed by atoms with Crippen molar-refractivity contribution in [2.75, 3.05) is 31.7 Å². The number of anilines is 1. The van der Waals surface area contributed by atoms with Crippen molar-refractivity contribution in [3.05, 3.63) is 17.5 Å². The summed E-state index contributed by atoms with van der Waals surface area (Å²) in [5.41, 5.74) is 0.739. The lowest BCUT2D eigenvalue weighted by molar-refractivity contribution is 0.0690. The summed E-state index contributed by atoms with van der Waals surface area (Å²) in [5, 5.41) is 9.02. The Balaban J connectivity index is 2.09. The number of hydrogen-bond donors (Lipinski definition) is 1. The van der Waals surface area contributed by atoms with Crippen molar-refractivity contribution in [1.82, 2.24) is 9.97 Å². The smallest absolute Gasteiger partial charge is 0.354 e. The molecule has 19 heavy (non-hydrogen) atoms. The minimum atomic E-state index is -1.01. The summed E-state index contributed by atoms with van der Waals surface area (Å²) in [6.45, 7) is 4.26. The maximum absolute atomic E-state index is 11.0. The molecule has 0 aromatic carbocycles. The second-order valence-corrected chi connectivity index (χ2v) is 4.89. The summed E-state index contributed by atoms with van der Waals surface area (Å²) in [4.78, 5) is 21.5.